The highest BCUT2D eigenvalue weighted by Crippen LogP contribution is 2.32. The first-order valence-corrected chi connectivity index (χ1v) is 6.12. The molecule has 13 heavy (non-hydrogen) atoms. The van der Waals surface area contributed by atoms with E-state index in [4.69, 9.17) is 5.73 Å². The predicted molar refractivity (Wildman–Crippen MR) is 57.6 cm³/mol. The fraction of sp³-hybridized carbons (Fsp3) is 0.400. The Kier molecular flexibility index (Phi) is 3.83. The maximum Gasteiger partial charge on any atom is 0.109 e. The van der Waals surface area contributed by atoms with Crippen LogP contribution in [0.25, 0.3) is 0 Å². The van der Waals surface area contributed by atoms with Gasteiger partial charge in [-0.2, -0.15) is 0 Å². The molecule has 0 aliphatic rings. The molecule has 1 rings (SSSR count). The molecule has 0 bridgehead atoms. The third-order valence-electron chi connectivity index (χ3n) is 2.10. The van der Waals surface area contributed by atoms with E-state index >= 15 is 0 Å². The quantitative estimate of drug-likeness (QED) is 0.740. The van der Waals surface area contributed by atoms with Crippen LogP contribution < -0.4 is 11.0 Å². The number of aryl methyl sites for hydroxylation is 1. The molecular formula is C10H15FNP. The molecule has 3 heteroatoms. The molecule has 2 unspecified atom stereocenters. The Morgan fingerprint density at radius 3 is 2.38 bits per heavy atom. The lowest BCUT2D eigenvalue weighted by atomic mass is 10.2. The number of nitrogens with two attached hydrogens (primary N) is 1. The van der Waals surface area contributed by atoms with Crippen molar-refractivity contribution in [1.82, 2.24) is 0 Å². The van der Waals surface area contributed by atoms with E-state index in [-0.39, 0.29) is 5.78 Å². The number of halogens is 1. The fourth-order valence-electron chi connectivity index (χ4n) is 1.07. The zero-order valence-electron chi connectivity index (χ0n) is 8.00. The molecule has 0 saturated carbocycles. The van der Waals surface area contributed by atoms with Gasteiger partial charge >= 0.3 is 0 Å². The molecule has 0 spiro atoms. The topological polar surface area (TPSA) is 26.0 Å². The third kappa shape index (κ3) is 2.75. The minimum Gasteiger partial charge on any atom is -0.322 e. The lowest BCUT2D eigenvalue weighted by Gasteiger charge is -2.17. The predicted octanol–water partition coefficient (Wildman–Crippen LogP) is 1.99. The molecule has 0 radical (unpaired) electrons. The summed E-state index contributed by atoms with van der Waals surface area (Å²) in [4.78, 5) is 0. The van der Waals surface area contributed by atoms with E-state index < -0.39 is 14.6 Å². The first-order chi connectivity index (χ1) is 6.15. The highest BCUT2D eigenvalue weighted by atomic mass is 31.1. The molecule has 0 aliphatic carbocycles. The van der Waals surface area contributed by atoms with E-state index in [0.717, 1.165) is 0 Å². The summed E-state index contributed by atoms with van der Waals surface area (Å²) in [5.41, 5.74) is 6.86. The molecule has 2 N–H and O–H groups in total. The van der Waals surface area contributed by atoms with Gasteiger partial charge in [0.15, 0.2) is 0 Å². The van der Waals surface area contributed by atoms with Gasteiger partial charge in [-0.3, -0.25) is 0 Å². The van der Waals surface area contributed by atoms with Gasteiger partial charge in [0.1, 0.15) is 6.67 Å². The highest BCUT2D eigenvalue weighted by Gasteiger charge is 2.13. The van der Waals surface area contributed by atoms with Crippen molar-refractivity contribution in [3.63, 3.8) is 0 Å². The molecule has 1 aromatic rings. The lowest BCUT2D eigenvalue weighted by molar-refractivity contribution is 0.485. The highest BCUT2D eigenvalue weighted by molar-refractivity contribution is 7.65. The van der Waals surface area contributed by atoms with Crippen LogP contribution in [0.1, 0.15) is 5.56 Å². The van der Waals surface area contributed by atoms with Gasteiger partial charge in [0, 0.05) is 0 Å². The Labute approximate surface area is 79.9 Å². The fourth-order valence-corrected chi connectivity index (χ4v) is 2.28. The van der Waals surface area contributed by atoms with Crippen LogP contribution in [0.3, 0.4) is 0 Å². The number of hydrogen-bond acceptors (Lipinski definition) is 1. The van der Waals surface area contributed by atoms with Gasteiger partial charge in [0.2, 0.25) is 0 Å². The molecule has 72 valence electrons. The largest absolute Gasteiger partial charge is 0.322 e. The van der Waals surface area contributed by atoms with Crippen molar-refractivity contribution in [3.8, 4) is 0 Å². The average Bonchev–Trinajstić information content (AvgIpc) is 2.17. The summed E-state index contributed by atoms with van der Waals surface area (Å²) in [7, 11) is -0.547. The molecule has 0 heterocycles. The van der Waals surface area contributed by atoms with E-state index in [1.54, 1.807) is 0 Å². The monoisotopic (exact) mass is 199 g/mol. The first kappa shape index (κ1) is 10.6. The number of hydrogen-bond donors (Lipinski definition) is 1. The van der Waals surface area contributed by atoms with Crippen molar-refractivity contribution in [2.75, 3.05) is 13.3 Å². The van der Waals surface area contributed by atoms with Crippen LogP contribution in [0.15, 0.2) is 24.3 Å². The van der Waals surface area contributed by atoms with Gasteiger partial charge in [-0.25, -0.2) is 4.39 Å². The second kappa shape index (κ2) is 4.69. The smallest absolute Gasteiger partial charge is 0.109 e. The summed E-state index contributed by atoms with van der Waals surface area (Å²) in [5.74, 6) is -0.322. The third-order valence-corrected chi connectivity index (χ3v) is 4.34. The van der Waals surface area contributed by atoms with E-state index in [1.807, 2.05) is 37.9 Å². The maximum atomic E-state index is 12.3. The van der Waals surface area contributed by atoms with Gasteiger partial charge in [-0.05, 0) is 18.9 Å². The van der Waals surface area contributed by atoms with Crippen molar-refractivity contribution in [3.05, 3.63) is 29.8 Å². The van der Waals surface area contributed by atoms with Crippen LogP contribution in [0.5, 0.6) is 0 Å². The Hall–Kier alpha value is -0.460. The summed E-state index contributed by atoms with van der Waals surface area (Å²) >= 11 is 0. The maximum absolute atomic E-state index is 12.3. The molecule has 0 aromatic heterocycles. The zero-order chi connectivity index (χ0) is 9.84. The van der Waals surface area contributed by atoms with Crippen molar-refractivity contribution >= 4 is 13.2 Å². The van der Waals surface area contributed by atoms with Crippen LogP contribution in [0.2, 0.25) is 0 Å². The summed E-state index contributed by atoms with van der Waals surface area (Å²) in [6, 6.07) is 8.16. The minimum atomic E-state index is -0.547. The van der Waals surface area contributed by atoms with Crippen LogP contribution in [-0.4, -0.2) is 19.1 Å². The number of rotatable bonds is 3. The van der Waals surface area contributed by atoms with Crippen LogP contribution >= 0.6 is 7.92 Å². The minimum absolute atomic E-state index is 0.322. The molecule has 2 atom stereocenters. The SMILES string of the molecule is Cc1ccc(P(C)C(N)CF)cc1. The Bertz CT molecular complexity index is 260. The second-order valence-electron chi connectivity index (χ2n) is 3.17. The standard InChI is InChI=1S/C10H15FNP/c1-8-3-5-9(6-4-8)13(2)10(12)7-11/h3-6,10H,7,12H2,1-2H3. The molecule has 1 aromatic carbocycles. The molecule has 0 saturated heterocycles. The van der Waals surface area contributed by atoms with Crippen molar-refractivity contribution < 1.29 is 4.39 Å². The molecule has 0 amide bonds. The lowest BCUT2D eigenvalue weighted by Crippen LogP contribution is -2.24. The van der Waals surface area contributed by atoms with Gasteiger partial charge in [-0.15, -0.1) is 0 Å². The van der Waals surface area contributed by atoms with Crippen molar-refractivity contribution in [1.29, 1.82) is 0 Å². The van der Waals surface area contributed by atoms with E-state index in [2.05, 4.69) is 0 Å². The zero-order valence-corrected chi connectivity index (χ0v) is 8.89. The van der Waals surface area contributed by atoms with E-state index in [9.17, 15) is 4.39 Å². The molecule has 0 aliphatic heterocycles. The van der Waals surface area contributed by atoms with E-state index in [0.29, 0.717) is 0 Å². The Balaban J connectivity index is 2.77. The summed E-state index contributed by atoms with van der Waals surface area (Å²) in [5, 5.41) is 1.17. The summed E-state index contributed by atoms with van der Waals surface area (Å²) < 4.78 is 12.3. The number of benzene rings is 1. The summed E-state index contributed by atoms with van der Waals surface area (Å²) in [6.45, 7) is 3.62. The van der Waals surface area contributed by atoms with Gasteiger partial charge in [0.25, 0.3) is 0 Å². The van der Waals surface area contributed by atoms with Crippen LogP contribution in [0, 0.1) is 6.92 Å². The molecule has 0 fully saturated rings. The molecular weight excluding hydrogens is 184 g/mol. The van der Waals surface area contributed by atoms with Crippen LogP contribution in [-0.2, 0) is 0 Å². The number of alkyl halides is 1. The van der Waals surface area contributed by atoms with Crippen molar-refractivity contribution in [2.24, 2.45) is 5.73 Å². The summed E-state index contributed by atoms with van der Waals surface area (Å²) in [6.07, 6.45) is 0. The first-order valence-electron chi connectivity index (χ1n) is 4.26. The second-order valence-corrected chi connectivity index (χ2v) is 5.57. The van der Waals surface area contributed by atoms with E-state index in [1.165, 1.54) is 10.9 Å². The van der Waals surface area contributed by atoms with Gasteiger partial charge < -0.3 is 5.73 Å². The van der Waals surface area contributed by atoms with Crippen molar-refractivity contribution in [2.45, 2.75) is 12.7 Å². The Morgan fingerprint density at radius 2 is 1.92 bits per heavy atom. The molecule has 1 nitrogen and oxygen atoms in total. The normalized spacial score (nSPS) is 15.4. The Morgan fingerprint density at radius 1 is 1.38 bits per heavy atom. The van der Waals surface area contributed by atoms with Gasteiger partial charge in [0.05, 0.1) is 5.78 Å². The average molecular weight is 199 g/mol. The van der Waals surface area contributed by atoms with Gasteiger partial charge in [-0.1, -0.05) is 37.8 Å². The van der Waals surface area contributed by atoms with Crippen LogP contribution in [0.4, 0.5) is 4.39 Å².